The van der Waals surface area contributed by atoms with Gasteiger partial charge in [0.05, 0.1) is 0 Å². The Morgan fingerprint density at radius 3 is 2.21 bits per heavy atom. The lowest BCUT2D eigenvalue weighted by molar-refractivity contribution is -0.139. The van der Waals surface area contributed by atoms with Gasteiger partial charge in [0.25, 0.3) is 0 Å². The van der Waals surface area contributed by atoms with Gasteiger partial charge in [-0.05, 0) is 50.5 Å². The van der Waals surface area contributed by atoms with Crippen molar-refractivity contribution in [2.24, 2.45) is 0 Å². The first-order valence-corrected chi connectivity index (χ1v) is 8.98. The number of carboxylic acids is 1. The Balaban J connectivity index is 2.11. The standard InChI is InChI=1S/C22H25NO5/c1-14(24)17-6-5-7-18(13-17)16-10-8-15(9-11-16)12-19(20(25)26)23-21(27)28-22(2,3)4/h5-11,13,19H,12H2,1-4H3,(H,23,27)(H,25,26). The first-order chi connectivity index (χ1) is 13.0. The van der Waals surface area contributed by atoms with Gasteiger partial charge in [-0.3, -0.25) is 4.79 Å². The molecule has 1 unspecified atom stereocenters. The molecular formula is C22H25NO5. The van der Waals surface area contributed by atoms with Crippen LogP contribution < -0.4 is 5.32 Å². The third kappa shape index (κ3) is 6.23. The molecule has 6 heteroatoms. The van der Waals surface area contributed by atoms with Crippen LogP contribution in [0, 0.1) is 0 Å². The minimum absolute atomic E-state index is 0.00372. The second kappa shape index (κ2) is 8.69. The SMILES string of the molecule is CC(=O)c1cccc(-c2ccc(CC(NC(=O)OC(C)(C)C)C(=O)O)cc2)c1. The smallest absolute Gasteiger partial charge is 0.408 e. The van der Waals surface area contributed by atoms with E-state index in [1.165, 1.54) is 6.92 Å². The van der Waals surface area contributed by atoms with Crippen LogP contribution in [0.3, 0.4) is 0 Å². The number of ketones is 1. The molecule has 0 heterocycles. The largest absolute Gasteiger partial charge is 0.480 e. The first kappa shape index (κ1) is 21.2. The van der Waals surface area contributed by atoms with Crippen LogP contribution in [0.4, 0.5) is 4.79 Å². The highest BCUT2D eigenvalue weighted by Gasteiger charge is 2.24. The van der Waals surface area contributed by atoms with Crippen LogP contribution in [0.2, 0.25) is 0 Å². The number of benzene rings is 2. The first-order valence-electron chi connectivity index (χ1n) is 8.98. The Morgan fingerprint density at radius 2 is 1.68 bits per heavy atom. The molecule has 28 heavy (non-hydrogen) atoms. The fraction of sp³-hybridized carbons (Fsp3) is 0.318. The molecule has 2 aromatic carbocycles. The summed E-state index contributed by atoms with van der Waals surface area (Å²) >= 11 is 0. The van der Waals surface area contributed by atoms with E-state index in [1.807, 2.05) is 42.5 Å². The number of amides is 1. The summed E-state index contributed by atoms with van der Waals surface area (Å²) in [4.78, 5) is 34.9. The lowest BCUT2D eigenvalue weighted by Crippen LogP contribution is -2.44. The van der Waals surface area contributed by atoms with Crippen LogP contribution in [-0.2, 0) is 16.0 Å². The highest BCUT2D eigenvalue weighted by atomic mass is 16.6. The van der Waals surface area contributed by atoms with Gasteiger partial charge in [-0.2, -0.15) is 0 Å². The summed E-state index contributed by atoms with van der Waals surface area (Å²) in [6.07, 6.45) is -0.639. The van der Waals surface area contributed by atoms with Gasteiger partial charge in [-0.25, -0.2) is 9.59 Å². The fourth-order valence-electron chi connectivity index (χ4n) is 2.64. The summed E-state index contributed by atoms with van der Waals surface area (Å²) in [6, 6.07) is 13.6. The maximum absolute atomic E-state index is 11.9. The molecule has 0 spiro atoms. The van der Waals surface area contributed by atoms with E-state index in [1.54, 1.807) is 26.8 Å². The Kier molecular flexibility index (Phi) is 6.57. The summed E-state index contributed by atoms with van der Waals surface area (Å²) in [5.74, 6) is -1.14. The van der Waals surface area contributed by atoms with Gasteiger partial charge in [0.2, 0.25) is 0 Å². The highest BCUT2D eigenvalue weighted by Crippen LogP contribution is 2.22. The molecule has 148 valence electrons. The van der Waals surface area contributed by atoms with E-state index >= 15 is 0 Å². The summed E-state index contributed by atoms with van der Waals surface area (Å²) < 4.78 is 5.12. The Morgan fingerprint density at radius 1 is 1.04 bits per heavy atom. The number of hydrogen-bond donors (Lipinski definition) is 2. The number of ether oxygens (including phenoxy) is 1. The third-order valence-electron chi connectivity index (χ3n) is 3.99. The van der Waals surface area contributed by atoms with Gasteiger partial charge in [-0.1, -0.05) is 42.5 Å². The molecule has 2 N–H and O–H groups in total. The molecule has 6 nitrogen and oxygen atoms in total. The van der Waals surface area contributed by atoms with Crippen molar-refractivity contribution in [1.29, 1.82) is 0 Å². The summed E-state index contributed by atoms with van der Waals surface area (Å²) in [6.45, 7) is 6.65. The van der Waals surface area contributed by atoms with Crippen LogP contribution >= 0.6 is 0 Å². The fourth-order valence-corrected chi connectivity index (χ4v) is 2.64. The molecule has 0 saturated carbocycles. The topological polar surface area (TPSA) is 92.7 Å². The molecule has 0 aromatic heterocycles. The minimum Gasteiger partial charge on any atom is -0.480 e. The Hall–Kier alpha value is -3.15. The van der Waals surface area contributed by atoms with Crippen molar-refractivity contribution in [3.63, 3.8) is 0 Å². The molecule has 1 amide bonds. The van der Waals surface area contributed by atoms with E-state index in [0.717, 1.165) is 16.7 Å². The lowest BCUT2D eigenvalue weighted by atomic mass is 9.99. The molecular weight excluding hydrogens is 358 g/mol. The predicted molar refractivity (Wildman–Crippen MR) is 106 cm³/mol. The molecule has 0 aliphatic rings. The van der Waals surface area contributed by atoms with E-state index in [2.05, 4.69) is 5.32 Å². The van der Waals surface area contributed by atoms with Gasteiger partial charge in [0.15, 0.2) is 5.78 Å². The monoisotopic (exact) mass is 383 g/mol. The zero-order chi connectivity index (χ0) is 20.9. The number of carbonyl (C=O) groups excluding carboxylic acids is 2. The summed E-state index contributed by atoms with van der Waals surface area (Å²) in [5, 5.41) is 11.8. The molecule has 0 aliphatic carbocycles. The normalized spacial score (nSPS) is 12.1. The van der Waals surface area contributed by atoms with Crippen molar-refractivity contribution in [1.82, 2.24) is 5.32 Å². The number of hydrogen-bond acceptors (Lipinski definition) is 4. The Bertz CT molecular complexity index is 865. The van der Waals surface area contributed by atoms with Crippen molar-refractivity contribution in [3.05, 3.63) is 59.7 Å². The number of nitrogens with one attached hydrogen (secondary N) is 1. The second-order valence-corrected chi connectivity index (χ2v) is 7.58. The van der Waals surface area contributed by atoms with Crippen molar-refractivity contribution >= 4 is 17.8 Å². The van der Waals surface area contributed by atoms with E-state index in [0.29, 0.717) is 5.56 Å². The quantitative estimate of drug-likeness (QED) is 0.734. The van der Waals surface area contributed by atoms with Crippen LogP contribution in [0.1, 0.15) is 43.6 Å². The average Bonchev–Trinajstić information content (AvgIpc) is 2.60. The molecule has 2 rings (SSSR count). The maximum Gasteiger partial charge on any atom is 0.408 e. The van der Waals surface area contributed by atoms with E-state index in [4.69, 9.17) is 4.74 Å². The Labute approximate surface area is 164 Å². The zero-order valence-electron chi connectivity index (χ0n) is 16.5. The maximum atomic E-state index is 11.9. The van der Waals surface area contributed by atoms with Crippen molar-refractivity contribution in [2.75, 3.05) is 0 Å². The number of carbonyl (C=O) groups is 3. The van der Waals surface area contributed by atoms with Crippen molar-refractivity contribution in [3.8, 4) is 11.1 Å². The van der Waals surface area contributed by atoms with E-state index < -0.39 is 23.7 Å². The van der Waals surface area contributed by atoms with Gasteiger partial charge in [0, 0.05) is 12.0 Å². The summed E-state index contributed by atoms with van der Waals surface area (Å²) in [7, 11) is 0. The number of aliphatic carboxylic acids is 1. The van der Waals surface area contributed by atoms with Gasteiger partial charge < -0.3 is 15.2 Å². The predicted octanol–water partition coefficient (Wildman–Crippen LogP) is 4.08. The highest BCUT2D eigenvalue weighted by molar-refractivity contribution is 5.95. The van der Waals surface area contributed by atoms with Crippen molar-refractivity contribution in [2.45, 2.75) is 45.8 Å². The van der Waals surface area contributed by atoms with Crippen LogP contribution in [0.25, 0.3) is 11.1 Å². The second-order valence-electron chi connectivity index (χ2n) is 7.58. The average molecular weight is 383 g/mol. The third-order valence-corrected chi connectivity index (χ3v) is 3.99. The van der Waals surface area contributed by atoms with E-state index in [-0.39, 0.29) is 12.2 Å². The number of rotatable bonds is 6. The van der Waals surface area contributed by atoms with Crippen molar-refractivity contribution < 1.29 is 24.2 Å². The van der Waals surface area contributed by atoms with Crippen LogP contribution in [0.5, 0.6) is 0 Å². The summed E-state index contributed by atoms with van der Waals surface area (Å²) in [5.41, 5.74) is 2.51. The van der Waals surface area contributed by atoms with Crippen LogP contribution in [0.15, 0.2) is 48.5 Å². The lowest BCUT2D eigenvalue weighted by Gasteiger charge is -2.22. The van der Waals surface area contributed by atoms with Crippen LogP contribution in [-0.4, -0.2) is 34.6 Å². The van der Waals surface area contributed by atoms with E-state index in [9.17, 15) is 19.5 Å². The molecule has 1 atom stereocenters. The number of carboxylic acid groups (broad SMARTS) is 1. The molecule has 0 radical (unpaired) electrons. The molecule has 0 fully saturated rings. The zero-order valence-corrected chi connectivity index (χ0v) is 16.5. The molecule has 2 aromatic rings. The van der Waals surface area contributed by atoms with Gasteiger partial charge in [0.1, 0.15) is 11.6 Å². The number of alkyl carbamates (subject to hydrolysis) is 1. The van der Waals surface area contributed by atoms with Gasteiger partial charge >= 0.3 is 12.1 Å². The molecule has 0 bridgehead atoms. The molecule has 0 aliphatic heterocycles. The minimum atomic E-state index is -1.14. The van der Waals surface area contributed by atoms with Gasteiger partial charge in [-0.15, -0.1) is 0 Å². The molecule has 0 saturated heterocycles. The number of Topliss-reactive ketones (excluding diaryl/α,β-unsaturated/α-hetero) is 1.